The predicted octanol–water partition coefficient (Wildman–Crippen LogP) is 5.30. The van der Waals surface area contributed by atoms with Crippen LogP contribution in [0.4, 0.5) is 0 Å². The van der Waals surface area contributed by atoms with Gasteiger partial charge in [-0.1, -0.05) is 91.0 Å². The Labute approximate surface area is 167 Å². The summed E-state index contributed by atoms with van der Waals surface area (Å²) in [6, 6.07) is 29.9. The van der Waals surface area contributed by atoms with Crippen LogP contribution in [-0.2, 0) is 9.36 Å². The van der Waals surface area contributed by atoms with Gasteiger partial charge in [-0.2, -0.15) is 0 Å². The summed E-state index contributed by atoms with van der Waals surface area (Å²) in [4.78, 5) is 12.5. The minimum absolute atomic E-state index is 0.0255. The third-order valence-electron chi connectivity index (χ3n) is 5.84. The van der Waals surface area contributed by atoms with Crippen molar-refractivity contribution in [2.75, 3.05) is 0 Å². The van der Waals surface area contributed by atoms with E-state index in [-0.39, 0.29) is 17.4 Å². The molecule has 1 aliphatic rings. The largest absolute Gasteiger partial charge is 0.313 e. The fourth-order valence-electron chi connectivity index (χ4n) is 4.50. The molecule has 0 unspecified atom stereocenters. The predicted molar refractivity (Wildman–Crippen MR) is 116 cm³/mol. The van der Waals surface area contributed by atoms with Crippen molar-refractivity contribution in [1.29, 1.82) is 0 Å². The Kier molecular flexibility index (Phi) is 5.59. The molecule has 3 heteroatoms. The molecule has 1 fully saturated rings. The number of ketones is 1. The van der Waals surface area contributed by atoms with Crippen molar-refractivity contribution in [3.63, 3.8) is 0 Å². The highest BCUT2D eigenvalue weighted by atomic mass is 31.2. The quantitative estimate of drug-likeness (QED) is 0.449. The molecule has 0 saturated heterocycles. The van der Waals surface area contributed by atoms with E-state index in [1.54, 1.807) is 0 Å². The molecule has 3 aromatic carbocycles. The minimum Gasteiger partial charge on any atom is -0.313 e. The lowest BCUT2D eigenvalue weighted by molar-refractivity contribution is -0.119. The highest BCUT2D eigenvalue weighted by Gasteiger charge is 2.43. The molecule has 0 amide bonds. The maximum absolute atomic E-state index is 14.9. The normalized spacial score (nSPS) is 20.5. The number of carbonyl (C=O) groups is 1. The number of hydrogen-bond acceptors (Lipinski definition) is 2. The monoisotopic (exact) mass is 388 g/mol. The van der Waals surface area contributed by atoms with Crippen LogP contribution in [0, 0.1) is 0 Å². The lowest BCUT2D eigenvalue weighted by Crippen LogP contribution is -2.30. The molecule has 3 aromatic rings. The van der Waals surface area contributed by atoms with Crippen molar-refractivity contribution in [2.45, 2.75) is 37.3 Å². The zero-order chi connectivity index (χ0) is 19.4. The average molecular weight is 388 g/mol. The van der Waals surface area contributed by atoms with E-state index >= 15 is 0 Å². The molecule has 28 heavy (non-hydrogen) atoms. The van der Waals surface area contributed by atoms with E-state index in [0.717, 1.165) is 29.0 Å². The first kappa shape index (κ1) is 18.9. The molecule has 0 bridgehead atoms. The smallest absolute Gasteiger partial charge is 0.146 e. The van der Waals surface area contributed by atoms with E-state index in [4.69, 9.17) is 0 Å². The van der Waals surface area contributed by atoms with Crippen LogP contribution in [0.2, 0.25) is 0 Å². The molecule has 1 aliphatic carbocycles. The van der Waals surface area contributed by atoms with Crippen molar-refractivity contribution in [3.05, 3.63) is 96.6 Å². The Morgan fingerprint density at radius 1 is 0.714 bits per heavy atom. The molecule has 142 valence electrons. The van der Waals surface area contributed by atoms with Gasteiger partial charge in [-0.05, 0) is 18.4 Å². The van der Waals surface area contributed by atoms with Crippen LogP contribution in [0.25, 0.3) is 0 Å². The van der Waals surface area contributed by atoms with Gasteiger partial charge in [-0.15, -0.1) is 0 Å². The van der Waals surface area contributed by atoms with E-state index in [9.17, 15) is 9.36 Å². The Balaban J connectivity index is 1.90. The van der Waals surface area contributed by atoms with E-state index < -0.39 is 7.14 Å². The molecular formula is C25H25O2P. The Hall–Kier alpha value is -2.44. The fraction of sp³-hybridized carbons (Fsp3) is 0.240. The average Bonchev–Trinajstić information content (AvgIpc) is 2.97. The Bertz CT molecular complexity index is 924. The molecule has 1 saturated carbocycles. The van der Waals surface area contributed by atoms with Crippen molar-refractivity contribution in [3.8, 4) is 0 Å². The molecule has 2 nitrogen and oxygen atoms in total. The molecular weight excluding hydrogens is 363 g/mol. The summed E-state index contributed by atoms with van der Waals surface area (Å²) in [5, 5.41) is 1.78. The van der Waals surface area contributed by atoms with E-state index in [2.05, 4.69) is 12.1 Å². The van der Waals surface area contributed by atoms with Crippen LogP contribution in [0.3, 0.4) is 0 Å². The highest BCUT2D eigenvalue weighted by Crippen LogP contribution is 2.57. The molecule has 0 radical (unpaired) electrons. The number of carbonyl (C=O) groups excluding carboxylic acids is 1. The maximum Gasteiger partial charge on any atom is 0.146 e. The summed E-state index contributed by atoms with van der Waals surface area (Å²) in [6.07, 6.45) is 2.66. The highest BCUT2D eigenvalue weighted by molar-refractivity contribution is 7.79. The first-order chi connectivity index (χ1) is 13.7. The van der Waals surface area contributed by atoms with Gasteiger partial charge in [-0.25, -0.2) is 0 Å². The molecule has 0 spiro atoms. The van der Waals surface area contributed by atoms with Gasteiger partial charge >= 0.3 is 0 Å². The standard InChI is InChI=1S/C25H25O2P/c26-21-13-10-18-25(24(19-21)20-11-4-1-5-12-20)28(27,22-14-6-2-7-15-22)23-16-8-3-9-17-23/h1-9,11-12,14-17,24-25H,10,13,18-19H2/t24-,25+/m1/s1. The molecule has 0 heterocycles. The van der Waals surface area contributed by atoms with Crippen LogP contribution in [0.1, 0.15) is 37.2 Å². The second-order valence-corrected chi connectivity index (χ2v) is 10.6. The summed E-state index contributed by atoms with van der Waals surface area (Å²) in [5.74, 6) is 0.256. The Morgan fingerprint density at radius 3 is 1.75 bits per heavy atom. The van der Waals surface area contributed by atoms with Gasteiger partial charge in [0.2, 0.25) is 0 Å². The summed E-state index contributed by atoms with van der Waals surface area (Å²) >= 11 is 0. The summed E-state index contributed by atoms with van der Waals surface area (Å²) in [6.45, 7) is 0. The number of hydrogen-bond donors (Lipinski definition) is 0. The van der Waals surface area contributed by atoms with Crippen molar-refractivity contribution in [1.82, 2.24) is 0 Å². The van der Waals surface area contributed by atoms with Crippen LogP contribution < -0.4 is 10.6 Å². The summed E-state index contributed by atoms with van der Waals surface area (Å²) < 4.78 is 14.9. The summed E-state index contributed by atoms with van der Waals surface area (Å²) in [5.41, 5.74) is 1.04. The van der Waals surface area contributed by atoms with Crippen molar-refractivity contribution in [2.24, 2.45) is 0 Å². The third kappa shape index (κ3) is 3.62. The minimum atomic E-state index is -2.93. The zero-order valence-corrected chi connectivity index (χ0v) is 16.8. The number of Topliss-reactive ketones (excluding diaryl/α,β-unsaturated/α-hetero) is 1. The lowest BCUT2D eigenvalue weighted by Gasteiger charge is -2.34. The van der Waals surface area contributed by atoms with Crippen molar-refractivity contribution >= 4 is 23.5 Å². The molecule has 0 aromatic heterocycles. The second-order valence-electron chi connectivity index (χ2n) is 7.55. The van der Waals surface area contributed by atoms with Crippen molar-refractivity contribution < 1.29 is 9.36 Å². The topological polar surface area (TPSA) is 34.1 Å². The van der Waals surface area contributed by atoms with Gasteiger partial charge in [-0.3, -0.25) is 4.79 Å². The molecule has 0 aliphatic heterocycles. The second kappa shape index (κ2) is 8.29. The van der Waals surface area contributed by atoms with E-state index in [1.165, 1.54) is 0 Å². The van der Waals surface area contributed by atoms with Crippen LogP contribution in [0.15, 0.2) is 91.0 Å². The SMILES string of the molecule is O=C1CCC[C@H](P(=O)(c2ccccc2)c2ccccc2)[C@@H](c2ccccc2)C1. The Morgan fingerprint density at radius 2 is 1.21 bits per heavy atom. The van der Waals surface area contributed by atoms with E-state index in [0.29, 0.717) is 12.8 Å². The first-order valence-electron chi connectivity index (χ1n) is 9.97. The number of rotatable bonds is 4. The molecule has 0 N–H and O–H groups in total. The van der Waals surface area contributed by atoms with Gasteiger partial charge in [0.25, 0.3) is 0 Å². The zero-order valence-electron chi connectivity index (χ0n) is 15.9. The lowest BCUT2D eigenvalue weighted by atomic mass is 9.91. The van der Waals surface area contributed by atoms with Crippen LogP contribution >= 0.6 is 7.14 Å². The van der Waals surface area contributed by atoms with Gasteiger partial charge in [0.15, 0.2) is 0 Å². The van der Waals surface area contributed by atoms with E-state index in [1.807, 2.05) is 78.9 Å². The molecule has 2 atom stereocenters. The van der Waals surface area contributed by atoms with Gasteiger partial charge in [0.05, 0.1) is 0 Å². The van der Waals surface area contributed by atoms with Gasteiger partial charge in [0, 0.05) is 35.0 Å². The summed E-state index contributed by atoms with van der Waals surface area (Å²) in [7, 11) is -2.93. The first-order valence-corrected chi connectivity index (χ1v) is 11.7. The maximum atomic E-state index is 14.9. The third-order valence-corrected chi connectivity index (χ3v) is 9.52. The number of benzene rings is 3. The van der Waals surface area contributed by atoms with Crippen LogP contribution in [0.5, 0.6) is 0 Å². The molecule has 4 rings (SSSR count). The van der Waals surface area contributed by atoms with Crippen LogP contribution in [-0.4, -0.2) is 11.4 Å². The van der Waals surface area contributed by atoms with Gasteiger partial charge in [0.1, 0.15) is 12.9 Å². The van der Waals surface area contributed by atoms with Gasteiger partial charge < -0.3 is 4.57 Å². The fourth-order valence-corrected chi connectivity index (χ4v) is 8.12.